The summed E-state index contributed by atoms with van der Waals surface area (Å²) in [5.41, 5.74) is 0. The van der Waals surface area contributed by atoms with E-state index in [1.807, 2.05) is 13.8 Å². The van der Waals surface area contributed by atoms with Crippen molar-refractivity contribution in [3.8, 4) is 0 Å². The lowest BCUT2D eigenvalue weighted by atomic mass is 10.4. The topological polar surface area (TPSA) is 52.7 Å². The highest BCUT2D eigenvalue weighted by Gasteiger charge is 2.24. The fraction of sp³-hybridized carbons (Fsp3) is 1.00. The van der Waals surface area contributed by atoms with Crippen molar-refractivity contribution in [1.82, 2.24) is 13.9 Å². The van der Waals surface area contributed by atoms with Gasteiger partial charge in [-0.25, -0.2) is 0 Å². The zero-order valence-electron chi connectivity index (χ0n) is 12.3. The molecule has 0 saturated heterocycles. The summed E-state index contributed by atoms with van der Waals surface area (Å²) in [4.78, 5) is 0. The van der Waals surface area contributed by atoms with Gasteiger partial charge >= 0.3 is 0 Å². The summed E-state index contributed by atoms with van der Waals surface area (Å²) in [6, 6.07) is 0. The van der Waals surface area contributed by atoms with Gasteiger partial charge in [0.15, 0.2) is 0 Å². The maximum absolute atomic E-state index is 12.2. The largest absolute Gasteiger partial charge is 0.317 e. The fourth-order valence-corrected chi connectivity index (χ4v) is 3.22. The normalized spacial score (nSPS) is 12.6. The predicted octanol–water partition coefficient (Wildman–Crippen LogP) is 1.28. The van der Waals surface area contributed by atoms with Crippen LogP contribution in [-0.2, 0) is 10.2 Å². The Morgan fingerprint density at radius 3 is 2.17 bits per heavy atom. The summed E-state index contributed by atoms with van der Waals surface area (Å²) in [5, 5.41) is 3.28. The molecule has 0 heterocycles. The van der Waals surface area contributed by atoms with Gasteiger partial charge in [-0.2, -0.15) is 17.0 Å². The van der Waals surface area contributed by atoms with Crippen LogP contribution in [0.4, 0.5) is 0 Å². The molecule has 5 nitrogen and oxygen atoms in total. The van der Waals surface area contributed by atoms with Crippen LogP contribution >= 0.6 is 0 Å². The maximum Gasteiger partial charge on any atom is 0.281 e. The minimum Gasteiger partial charge on any atom is -0.317 e. The van der Waals surface area contributed by atoms with Crippen molar-refractivity contribution in [2.75, 3.05) is 39.8 Å². The standard InChI is InChI=1S/C12H29N3O2S/c1-5-9-13-10-8-12-14(4)18(16,17)15(7-3)11-6-2/h13H,5-12H2,1-4H3. The lowest BCUT2D eigenvalue weighted by Gasteiger charge is -2.26. The second-order valence-electron chi connectivity index (χ2n) is 4.42. The smallest absolute Gasteiger partial charge is 0.281 e. The lowest BCUT2D eigenvalue weighted by molar-refractivity contribution is 0.364. The van der Waals surface area contributed by atoms with Crippen LogP contribution in [-0.4, -0.2) is 56.8 Å². The summed E-state index contributed by atoms with van der Waals surface area (Å²) >= 11 is 0. The molecule has 0 aliphatic heterocycles. The molecule has 0 aliphatic carbocycles. The summed E-state index contributed by atoms with van der Waals surface area (Å²) in [5.74, 6) is 0. The van der Waals surface area contributed by atoms with Crippen LogP contribution in [0.1, 0.15) is 40.0 Å². The summed E-state index contributed by atoms with van der Waals surface area (Å²) in [6.45, 7) is 9.55. The molecular formula is C12H29N3O2S. The molecule has 0 unspecified atom stereocenters. The van der Waals surface area contributed by atoms with Crippen molar-refractivity contribution >= 4 is 10.2 Å². The molecule has 110 valence electrons. The molecule has 0 fully saturated rings. The van der Waals surface area contributed by atoms with Crippen LogP contribution in [0.2, 0.25) is 0 Å². The average molecular weight is 279 g/mol. The fourth-order valence-electron chi connectivity index (χ4n) is 1.73. The summed E-state index contributed by atoms with van der Waals surface area (Å²) in [6.07, 6.45) is 2.80. The number of nitrogens with one attached hydrogen (secondary N) is 1. The quantitative estimate of drug-likeness (QED) is 0.580. The van der Waals surface area contributed by atoms with E-state index in [0.717, 1.165) is 32.4 Å². The van der Waals surface area contributed by atoms with E-state index in [4.69, 9.17) is 0 Å². The first kappa shape index (κ1) is 17.8. The number of hydrogen-bond acceptors (Lipinski definition) is 3. The first-order valence-corrected chi connectivity index (χ1v) is 8.32. The minimum atomic E-state index is -3.27. The Morgan fingerprint density at radius 2 is 1.67 bits per heavy atom. The van der Waals surface area contributed by atoms with Gasteiger partial charge in [0.25, 0.3) is 10.2 Å². The Bertz CT molecular complexity index is 294. The first-order valence-electron chi connectivity index (χ1n) is 6.92. The SMILES string of the molecule is CCCNCCCN(C)S(=O)(=O)N(CC)CCC. The van der Waals surface area contributed by atoms with Gasteiger partial charge in [0.1, 0.15) is 0 Å². The van der Waals surface area contributed by atoms with E-state index in [0.29, 0.717) is 19.6 Å². The van der Waals surface area contributed by atoms with Gasteiger partial charge in [0, 0.05) is 26.7 Å². The van der Waals surface area contributed by atoms with Crippen LogP contribution in [0.15, 0.2) is 0 Å². The van der Waals surface area contributed by atoms with Gasteiger partial charge in [0.05, 0.1) is 0 Å². The lowest BCUT2D eigenvalue weighted by Crippen LogP contribution is -2.43. The van der Waals surface area contributed by atoms with Gasteiger partial charge in [-0.15, -0.1) is 0 Å². The molecule has 0 atom stereocenters. The molecule has 1 N–H and O–H groups in total. The first-order chi connectivity index (χ1) is 8.50. The van der Waals surface area contributed by atoms with Crippen molar-refractivity contribution in [2.45, 2.75) is 40.0 Å². The average Bonchev–Trinajstić information content (AvgIpc) is 2.35. The van der Waals surface area contributed by atoms with Gasteiger partial charge in [-0.1, -0.05) is 20.8 Å². The molecule has 18 heavy (non-hydrogen) atoms. The van der Waals surface area contributed by atoms with Crippen LogP contribution in [0.5, 0.6) is 0 Å². The van der Waals surface area contributed by atoms with Crippen LogP contribution in [0.3, 0.4) is 0 Å². The van der Waals surface area contributed by atoms with Gasteiger partial charge in [0.2, 0.25) is 0 Å². The third-order valence-electron chi connectivity index (χ3n) is 2.80. The molecule has 0 aliphatic rings. The van der Waals surface area contributed by atoms with E-state index in [1.165, 1.54) is 8.61 Å². The molecular weight excluding hydrogens is 250 g/mol. The Balaban J connectivity index is 4.16. The van der Waals surface area contributed by atoms with Crippen LogP contribution in [0, 0.1) is 0 Å². The van der Waals surface area contributed by atoms with Gasteiger partial charge < -0.3 is 5.32 Å². The van der Waals surface area contributed by atoms with Crippen molar-refractivity contribution in [3.05, 3.63) is 0 Å². The second-order valence-corrected chi connectivity index (χ2v) is 6.46. The minimum absolute atomic E-state index is 0.536. The third-order valence-corrected chi connectivity index (χ3v) is 4.86. The van der Waals surface area contributed by atoms with Crippen LogP contribution < -0.4 is 5.32 Å². The zero-order valence-corrected chi connectivity index (χ0v) is 13.1. The molecule has 0 bridgehead atoms. The van der Waals surface area contributed by atoms with Crippen LogP contribution in [0.25, 0.3) is 0 Å². The molecule has 0 rings (SSSR count). The molecule has 0 saturated carbocycles. The van der Waals surface area contributed by atoms with Crippen molar-refractivity contribution in [1.29, 1.82) is 0 Å². The van der Waals surface area contributed by atoms with E-state index in [1.54, 1.807) is 7.05 Å². The molecule has 6 heteroatoms. The Morgan fingerprint density at radius 1 is 1.00 bits per heavy atom. The molecule has 0 radical (unpaired) electrons. The second kappa shape index (κ2) is 9.72. The molecule has 0 aromatic rings. The van der Waals surface area contributed by atoms with Gasteiger partial charge in [-0.05, 0) is 32.4 Å². The summed E-state index contributed by atoms with van der Waals surface area (Å²) in [7, 11) is -1.61. The van der Waals surface area contributed by atoms with E-state index in [-0.39, 0.29) is 0 Å². The Hall–Kier alpha value is -0.170. The number of hydrogen-bond donors (Lipinski definition) is 1. The monoisotopic (exact) mass is 279 g/mol. The summed E-state index contributed by atoms with van der Waals surface area (Å²) < 4.78 is 27.4. The highest BCUT2D eigenvalue weighted by Crippen LogP contribution is 2.07. The number of nitrogens with zero attached hydrogens (tertiary/aromatic N) is 2. The number of rotatable bonds is 11. The van der Waals surface area contributed by atoms with Crippen molar-refractivity contribution in [3.63, 3.8) is 0 Å². The third kappa shape index (κ3) is 6.13. The van der Waals surface area contributed by atoms with E-state index in [9.17, 15) is 8.42 Å². The van der Waals surface area contributed by atoms with Crippen molar-refractivity contribution < 1.29 is 8.42 Å². The molecule has 0 aromatic carbocycles. The molecule has 0 aromatic heterocycles. The Labute approximate surface area is 113 Å². The van der Waals surface area contributed by atoms with E-state index in [2.05, 4.69) is 12.2 Å². The van der Waals surface area contributed by atoms with E-state index < -0.39 is 10.2 Å². The molecule has 0 amide bonds. The highest BCUT2D eigenvalue weighted by atomic mass is 32.2. The predicted molar refractivity (Wildman–Crippen MR) is 76.9 cm³/mol. The van der Waals surface area contributed by atoms with Gasteiger partial charge in [-0.3, -0.25) is 0 Å². The highest BCUT2D eigenvalue weighted by molar-refractivity contribution is 7.86. The zero-order chi connectivity index (χ0) is 14.0. The maximum atomic E-state index is 12.2. The van der Waals surface area contributed by atoms with E-state index >= 15 is 0 Å². The Kier molecular flexibility index (Phi) is 9.63. The molecule has 0 spiro atoms. The van der Waals surface area contributed by atoms with Crippen molar-refractivity contribution in [2.24, 2.45) is 0 Å².